The van der Waals surface area contributed by atoms with Gasteiger partial charge in [-0.1, -0.05) is 0 Å². The van der Waals surface area contributed by atoms with Crippen LogP contribution in [0.15, 0.2) is 0 Å². The molecule has 3 heteroatoms. The predicted octanol–water partition coefficient (Wildman–Crippen LogP) is -0.143. The monoisotopic (exact) mass is 147 g/mol. The topological polar surface area (TPSA) is 66.5 Å². The maximum absolute atomic E-state index is 9.52. The first-order chi connectivity index (χ1) is 4.31. The van der Waals surface area contributed by atoms with E-state index in [1.165, 1.54) is 0 Å². The van der Waals surface area contributed by atoms with Crippen LogP contribution >= 0.6 is 0 Å². The van der Waals surface area contributed by atoms with Gasteiger partial charge in [0.2, 0.25) is 0 Å². The van der Waals surface area contributed by atoms with Gasteiger partial charge in [0.05, 0.1) is 11.2 Å². The summed E-state index contributed by atoms with van der Waals surface area (Å²) in [5.74, 6) is 0. The van der Waals surface area contributed by atoms with Gasteiger partial charge in [-0.05, 0) is 33.7 Å². The van der Waals surface area contributed by atoms with E-state index in [9.17, 15) is 10.2 Å². The van der Waals surface area contributed by atoms with Crippen LogP contribution in [0, 0.1) is 0 Å². The smallest absolute Gasteiger partial charge is 0.0911 e. The summed E-state index contributed by atoms with van der Waals surface area (Å²) in [6.07, 6.45) is 0.413. The highest BCUT2D eigenvalue weighted by molar-refractivity contribution is 4.89. The third-order valence-electron chi connectivity index (χ3n) is 1.95. The van der Waals surface area contributed by atoms with Crippen molar-refractivity contribution in [3.05, 3.63) is 0 Å². The Hall–Kier alpha value is -0.120. The van der Waals surface area contributed by atoms with E-state index in [2.05, 4.69) is 0 Å². The molecule has 4 N–H and O–H groups in total. The molecule has 0 aromatic heterocycles. The van der Waals surface area contributed by atoms with Crippen molar-refractivity contribution in [3.63, 3.8) is 0 Å². The Labute approximate surface area is 61.9 Å². The molecule has 0 fully saturated rings. The van der Waals surface area contributed by atoms with Gasteiger partial charge in [-0.25, -0.2) is 0 Å². The van der Waals surface area contributed by atoms with Crippen LogP contribution in [-0.2, 0) is 0 Å². The van der Waals surface area contributed by atoms with Gasteiger partial charge < -0.3 is 15.9 Å². The van der Waals surface area contributed by atoms with Crippen LogP contribution in [0.1, 0.15) is 27.2 Å². The van der Waals surface area contributed by atoms with Gasteiger partial charge in [-0.15, -0.1) is 0 Å². The van der Waals surface area contributed by atoms with Gasteiger partial charge in [0, 0.05) is 0 Å². The average molecular weight is 147 g/mol. The number of hydrogen-bond acceptors (Lipinski definition) is 3. The lowest BCUT2D eigenvalue weighted by Gasteiger charge is -2.35. The van der Waals surface area contributed by atoms with E-state index in [1.54, 1.807) is 20.8 Å². The van der Waals surface area contributed by atoms with E-state index in [0.717, 1.165) is 0 Å². The first-order valence-corrected chi connectivity index (χ1v) is 3.46. The summed E-state index contributed by atoms with van der Waals surface area (Å²) >= 11 is 0. The maximum Gasteiger partial charge on any atom is 0.0911 e. The number of aliphatic hydroxyl groups is 2. The third-order valence-corrected chi connectivity index (χ3v) is 1.95. The van der Waals surface area contributed by atoms with Crippen molar-refractivity contribution in [2.75, 3.05) is 6.54 Å². The second-order valence-electron chi connectivity index (χ2n) is 3.37. The zero-order valence-corrected chi connectivity index (χ0v) is 6.89. The lowest BCUT2D eigenvalue weighted by Crippen LogP contribution is -2.48. The molecule has 0 aliphatic heterocycles. The minimum atomic E-state index is -1.08. The number of hydrogen-bond donors (Lipinski definition) is 3. The van der Waals surface area contributed by atoms with Crippen LogP contribution in [0.2, 0.25) is 0 Å². The Morgan fingerprint density at radius 2 is 1.60 bits per heavy atom. The fourth-order valence-electron chi connectivity index (χ4n) is 0.587. The summed E-state index contributed by atoms with van der Waals surface area (Å²) in [6, 6.07) is 0. The van der Waals surface area contributed by atoms with Gasteiger partial charge >= 0.3 is 0 Å². The number of rotatable bonds is 3. The summed E-state index contributed by atoms with van der Waals surface area (Å²) in [4.78, 5) is 0. The van der Waals surface area contributed by atoms with Crippen LogP contribution < -0.4 is 5.73 Å². The summed E-state index contributed by atoms with van der Waals surface area (Å²) in [5, 5.41) is 18.9. The highest BCUT2D eigenvalue weighted by Crippen LogP contribution is 2.23. The molecule has 0 spiro atoms. The molecule has 0 aliphatic carbocycles. The average Bonchev–Trinajstić information content (AvgIpc) is 1.61. The van der Waals surface area contributed by atoms with Crippen molar-refractivity contribution in [1.82, 2.24) is 0 Å². The molecule has 0 amide bonds. The summed E-state index contributed by atoms with van der Waals surface area (Å²) < 4.78 is 0. The first kappa shape index (κ1) is 9.88. The molecule has 3 nitrogen and oxygen atoms in total. The summed E-state index contributed by atoms with van der Waals surface area (Å²) in [7, 11) is 0. The minimum Gasteiger partial charge on any atom is -0.387 e. The Kier molecular flexibility index (Phi) is 2.83. The molecule has 1 unspecified atom stereocenters. The molecule has 0 radical (unpaired) electrons. The van der Waals surface area contributed by atoms with Crippen LogP contribution in [0.3, 0.4) is 0 Å². The van der Waals surface area contributed by atoms with E-state index in [4.69, 9.17) is 5.73 Å². The van der Waals surface area contributed by atoms with E-state index in [0.29, 0.717) is 13.0 Å². The predicted molar refractivity (Wildman–Crippen MR) is 40.6 cm³/mol. The normalized spacial score (nSPS) is 18.6. The summed E-state index contributed by atoms with van der Waals surface area (Å²) in [5.41, 5.74) is 3.08. The lowest BCUT2D eigenvalue weighted by atomic mass is 9.85. The van der Waals surface area contributed by atoms with Gasteiger partial charge in [-0.2, -0.15) is 0 Å². The van der Waals surface area contributed by atoms with Crippen molar-refractivity contribution >= 4 is 0 Å². The summed E-state index contributed by atoms with van der Waals surface area (Å²) in [6.45, 7) is 5.11. The van der Waals surface area contributed by atoms with Gasteiger partial charge in [-0.3, -0.25) is 0 Å². The minimum absolute atomic E-state index is 0.386. The van der Waals surface area contributed by atoms with Crippen LogP contribution in [0.25, 0.3) is 0 Å². The molecule has 1 atom stereocenters. The Morgan fingerprint density at radius 3 is 1.70 bits per heavy atom. The lowest BCUT2D eigenvalue weighted by molar-refractivity contribution is -0.122. The molecule has 10 heavy (non-hydrogen) atoms. The fraction of sp³-hybridized carbons (Fsp3) is 1.00. The van der Waals surface area contributed by atoms with Gasteiger partial charge in [0.25, 0.3) is 0 Å². The molecular formula is C7H17NO2. The van der Waals surface area contributed by atoms with Crippen molar-refractivity contribution in [1.29, 1.82) is 0 Å². The van der Waals surface area contributed by atoms with Gasteiger partial charge in [0.15, 0.2) is 0 Å². The van der Waals surface area contributed by atoms with E-state index < -0.39 is 11.2 Å². The number of nitrogens with two attached hydrogens (primary N) is 1. The largest absolute Gasteiger partial charge is 0.387 e. The van der Waals surface area contributed by atoms with Crippen molar-refractivity contribution < 1.29 is 10.2 Å². The van der Waals surface area contributed by atoms with Crippen LogP contribution in [-0.4, -0.2) is 28.0 Å². The first-order valence-electron chi connectivity index (χ1n) is 3.46. The molecule has 0 saturated heterocycles. The molecular weight excluding hydrogens is 130 g/mol. The zero-order chi connectivity index (χ0) is 8.41. The van der Waals surface area contributed by atoms with Crippen LogP contribution in [0.4, 0.5) is 0 Å². The van der Waals surface area contributed by atoms with Crippen LogP contribution in [0.5, 0.6) is 0 Å². The molecule has 0 aliphatic rings. The standard InChI is InChI=1S/C7H17NO2/c1-6(2,9)7(3,10)4-5-8/h9-10H,4-5,8H2,1-3H3. The molecule has 0 rings (SSSR count). The second-order valence-corrected chi connectivity index (χ2v) is 3.37. The fourth-order valence-corrected chi connectivity index (χ4v) is 0.587. The quantitative estimate of drug-likeness (QED) is 0.520. The highest BCUT2D eigenvalue weighted by Gasteiger charge is 2.36. The van der Waals surface area contributed by atoms with E-state index in [-0.39, 0.29) is 0 Å². The molecule has 0 heterocycles. The Morgan fingerprint density at radius 1 is 1.20 bits per heavy atom. The molecule has 0 saturated carbocycles. The molecule has 0 bridgehead atoms. The SMILES string of the molecule is CC(C)(O)C(C)(O)CCN. The second kappa shape index (κ2) is 2.86. The molecule has 62 valence electrons. The van der Waals surface area contributed by atoms with Gasteiger partial charge in [0.1, 0.15) is 0 Å². The van der Waals surface area contributed by atoms with Crippen molar-refractivity contribution in [2.45, 2.75) is 38.4 Å². The molecule has 0 aromatic carbocycles. The van der Waals surface area contributed by atoms with Crippen molar-refractivity contribution in [2.24, 2.45) is 5.73 Å². The third kappa shape index (κ3) is 2.25. The Balaban J connectivity index is 4.10. The van der Waals surface area contributed by atoms with Crippen molar-refractivity contribution in [3.8, 4) is 0 Å². The van der Waals surface area contributed by atoms with E-state index in [1.807, 2.05) is 0 Å². The maximum atomic E-state index is 9.52. The Bertz CT molecular complexity index is 105. The zero-order valence-electron chi connectivity index (χ0n) is 6.89. The van der Waals surface area contributed by atoms with E-state index >= 15 is 0 Å². The molecule has 0 aromatic rings. The highest BCUT2D eigenvalue weighted by atomic mass is 16.3.